The van der Waals surface area contributed by atoms with Crippen LogP contribution in [-0.2, 0) is 11.3 Å². The van der Waals surface area contributed by atoms with Crippen molar-refractivity contribution in [3.63, 3.8) is 0 Å². The molecule has 4 nitrogen and oxygen atoms in total. The first-order valence-corrected chi connectivity index (χ1v) is 8.77. The van der Waals surface area contributed by atoms with Gasteiger partial charge in [0.25, 0.3) is 5.91 Å². The number of amides is 1. The largest absolute Gasteiger partial charge is 0.348 e. The second kappa shape index (κ2) is 6.61. The highest BCUT2D eigenvalue weighted by molar-refractivity contribution is 6.30. The van der Waals surface area contributed by atoms with Crippen LogP contribution < -0.4 is 5.32 Å². The number of halogens is 1. The minimum absolute atomic E-state index is 0.0431. The second-order valence-corrected chi connectivity index (χ2v) is 7.88. The normalized spacial score (nSPS) is 17.7. The Morgan fingerprint density at radius 2 is 1.92 bits per heavy atom. The molecule has 0 fully saturated rings. The summed E-state index contributed by atoms with van der Waals surface area (Å²) < 4.78 is 2.23. The topological polar surface area (TPSA) is 41.9 Å². The standard InChI is InChI=1S/C19H24ClN3O/c1-19(2,3)21-13-17(24)23-12-11-22-10-4-5-16(22)18(23)14-6-8-15(20)9-7-14/h4-10,18,21H,11-13H2,1-3H3/p+1/t18-/m0/s1. The van der Waals surface area contributed by atoms with Gasteiger partial charge in [-0.15, -0.1) is 0 Å². The number of hydrogen-bond acceptors (Lipinski definition) is 1. The summed E-state index contributed by atoms with van der Waals surface area (Å²) in [4.78, 5) is 14.9. The van der Waals surface area contributed by atoms with E-state index in [4.69, 9.17) is 11.6 Å². The number of benzene rings is 1. The molecular weight excluding hydrogens is 322 g/mol. The maximum atomic E-state index is 12.9. The van der Waals surface area contributed by atoms with E-state index in [9.17, 15) is 4.79 Å². The minimum atomic E-state index is -0.0492. The minimum Gasteiger partial charge on any atom is -0.348 e. The summed E-state index contributed by atoms with van der Waals surface area (Å²) in [5.41, 5.74) is 2.30. The summed E-state index contributed by atoms with van der Waals surface area (Å²) >= 11 is 6.04. The van der Waals surface area contributed by atoms with Gasteiger partial charge in [-0.2, -0.15) is 0 Å². The van der Waals surface area contributed by atoms with Gasteiger partial charge in [0, 0.05) is 30.0 Å². The van der Waals surface area contributed by atoms with Crippen LogP contribution in [0.5, 0.6) is 0 Å². The molecule has 0 radical (unpaired) electrons. The number of carbonyl (C=O) groups is 1. The summed E-state index contributed by atoms with van der Waals surface area (Å²) in [5, 5.41) is 2.81. The predicted octanol–water partition coefficient (Wildman–Crippen LogP) is 2.44. The van der Waals surface area contributed by atoms with Crippen molar-refractivity contribution in [2.75, 3.05) is 13.1 Å². The van der Waals surface area contributed by atoms with Crippen LogP contribution in [0.4, 0.5) is 0 Å². The molecule has 2 heterocycles. The average Bonchev–Trinajstić information content (AvgIpc) is 3.00. The maximum Gasteiger partial charge on any atom is 0.278 e. The third-order valence-electron chi connectivity index (χ3n) is 4.43. The van der Waals surface area contributed by atoms with Crippen LogP contribution in [0, 0.1) is 0 Å². The summed E-state index contributed by atoms with van der Waals surface area (Å²) in [6, 6.07) is 11.9. The third-order valence-corrected chi connectivity index (χ3v) is 4.69. The lowest BCUT2D eigenvalue weighted by Gasteiger charge is -2.37. The number of rotatable bonds is 3. The quantitative estimate of drug-likeness (QED) is 0.911. The Bertz CT molecular complexity index is 715. The highest BCUT2D eigenvalue weighted by Crippen LogP contribution is 2.32. The number of aromatic nitrogens is 1. The molecule has 0 unspecified atom stereocenters. The first-order valence-electron chi connectivity index (χ1n) is 8.39. The smallest absolute Gasteiger partial charge is 0.278 e. The molecule has 1 aliphatic rings. The summed E-state index contributed by atoms with van der Waals surface area (Å²) in [7, 11) is 0. The molecule has 1 aliphatic heterocycles. The molecule has 0 bridgehead atoms. The van der Waals surface area contributed by atoms with Gasteiger partial charge in [0.15, 0.2) is 6.54 Å². The van der Waals surface area contributed by atoms with E-state index < -0.39 is 0 Å². The van der Waals surface area contributed by atoms with Crippen LogP contribution in [0.1, 0.15) is 38.1 Å². The molecule has 3 rings (SSSR count). The van der Waals surface area contributed by atoms with Gasteiger partial charge in [-0.3, -0.25) is 4.79 Å². The van der Waals surface area contributed by atoms with Gasteiger partial charge in [-0.25, -0.2) is 0 Å². The predicted molar refractivity (Wildman–Crippen MR) is 96.0 cm³/mol. The Labute approximate surface area is 148 Å². The van der Waals surface area contributed by atoms with Crippen molar-refractivity contribution in [2.45, 2.75) is 38.9 Å². The number of nitrogens with zero attached hydrogens (tertiary/aromatic N) is 2. The van der Waals surface area contributed by atoms with Gasteiger partial charge >= 0.3 is 0 Å². The van der Waals surface area contributed by atoms with Gasteiger partial charge in [0.1, 0.15) is 0 Å². The van der Waals surface area contributed by atoms with Crippen LogP contribution in [0.3, 0.4) is 0 Å². The Kier molecular flexibility index (Phi) is 4.70. The number of carbonyl (C=O) groups excluding carboxylic acids is 1. The zero-order valence-corrected chi connectivity index (χ0v) is 15.3. The molecule has 2 N–H and O–H groups in total. The van der Waals surface area contributed by atoms with E-state index in [2.05, 4.69) is 42.9 Å². The molecule has 1 atom stereocenters. The lowest BCUT2D eigenvalue weighted by atomic mass is 9.99. The number of hydrogen-bond donors (Lipinski definition) is 1. The number of quaternary nitrogens is 1. The van der Waals surface area contributed by atoms with Gasteiger partial charge in [-0.1, -0.05) is 23.7 Å². The zero-order valence-electron chi connectivity index (χ0n) is 14.5. The van der Waals surface area contributed by atoms with Crippen molar-refractivity contribution >= 4 is 17.5 Å². The summed E-state index contributed by atoms with van der Waals surface area (Å²) in [6.07, 6.45) is 2.08. The van der Waals surface area contributed by atoms with Crippen LogP contribution in [0.15, 0.2) is 42.6 Å². The van der Waals surface area contributed by atoms with Crippen LogP contribution >= 0.6 is 11.6 Å². The molecule has 1 aromatic carbocycles. The Balaban J connectivity index is 1.90. The van der Waals surface area contributed by atoms with Crippen molar-refractivity contribution in [1.29, 1.82) is 0 Å². The molecule has 2 aromatic rings. The van der Waals surface area contributed by atoms with E-state index >= 15 is 0 Å². The molecule has 24 heavy (non-hydrogen) atoms. The lowest BCUT2D eigenvalue weighted by Crippen LogP contribution is -2.96. The maximum absolute atomic E-state index is 12.9. The van der Waals surface area contributed by atoms with Crippen LogP contribution in [0.2, 0.25) is 5.02 Å². The zero-order chi connectivity index (χ0) is 17.3. The van der Waals surface area contributed by atoms with Crippen LogP contribution in [0.25, 0.3) is 0 Å². The van der Waals surface area contributed by atoms with E-state index in [1.807, 2.05) is 35.2 Å². The van der Waals surface area contributed by atoms with Crippen molar-refractivity contribution in [3.05, 3.63) is 58.9 Å². The van der Waals surface area contributed by atoms with Crippen molar-refractivity contribution < 1.29 is 10.1 Å². The van der Waals surface area contributed by atoms with E-state index in [1.54, 1.807) is 0 Å². The molecule has 128 valence electrons. The monoisotopic (exact) mass is 346 g/mol. The molecule has 0 spiro atoms. The Morgan fingerprint density at radius 3 is 2.58 bits per heavy atom. The molecule has 0 aliphatic carbocycles. The van der Waals surface area contributed by atoms with E-state index in [0.29, 0.717) is 11.6 Å². The van der Waals surface area contributed by atoms with Crippen molar-refractivity contribution in [3.8, 4) is 0 Å². The molecule has 5 heteroatoms. The molecule has 0 saturated carbocycles. The van der Waals surface area contributed by atoms with Gasteiger partial charge in [0.05, 0.1) is 11.6 Å². The number of fused-ring (bicyclic) bond motifs is 1. The molecule has 1 aromatic heterocycles. The highest BCUT2D eigenvalue weighted by Gasteiger charge is 2.33. The van der Waals surface area contributed by atoms with Gasteiger partial charge < -0.3 is 14.8 Å². The fraction of sp³-hybridized carbons (Fsp3) is 0.421. The molecular formula is C19H25ClN3O+. The SMILES string of the molecule is CC(C)(C)[NH2+]CC(=O)N1CCn2cccc2[C@@H]1c1ccc(Cl)cc1. The molecule has 0 saturated heterocycles. The number of nitrogens with two attached hydrogens (primary N) is 1. The lowest BCUT2D eigenvalue weighted by molar-refractivity contribution is -0.707. The Hall–Kier alpha value is -1.78. The summed E-state index contributed by atoms with van der Waals surface area (Å²) in [5.74, 6) is 0.178. The fourth-order valence-electron chi connectivity index (χ4n) is 3.16. The van der Waals surface area contributed by atoms with Gasteiger partial charge in [0.2, 0.25) is 0 Å². The molecule has 1 amide bonds. The Morgan fingerprint density at radius 1 is 1.21 bits per heavy atom. The van der Waals surface area contributed by atoms with Crippen molar-refractivity contribution in [1.82, 2.24) is 9.47 Å². The van der Waals surface area contributed by atoms with E-state index in [1.165, 1.54) is 0 Å². The van der Waals surface area contributed by atoms with Gasteiger partial charge in [-0.05, 0) is 50.6 Å². The first-order chi connectivity index (χ1) is 11.3. The highest BCUT2D eigenvalue weighted by atomic mass is 35.5. The average molecular weight is 347 g/mol. The first kappa shape index (κ1) is 17.1. The van der Waals surface area contributed by atoms with E-state index in [0.717, 1.165) is 24.3 Å². The van der Waals surface area contributed by atoms with E-state index in [-0.39, 0.29) is 17.5 Å². The van der Waals surface area contributed by atoms with Crippen LogP contribution in [-0.4, -0.2) is 34.0 Å². The van der Waals surface area contributed by atoms with Crippen molar-refractivity contribution in [2.24, 2.45) is 0 Å². The summed E-state index contributed by atoms with van der Waals surface area (Å²) in [6.45, 7) is 8.41. The third kappa shape index (κ3) is 3.65. The second-order valence-electron chi connectivity index (χ2n) is 7.44. The fourth-order valence-corrected chi connectivity index (χ4v) is 3.28.